The third-order valence-electron chi connectivity index (χ3n) is 7.69. The lowest BCUT2D eigenvalue weighted by Gasteiger charge is -2.19. The summed E-state index contributed by atoms with van der Waals surface area (Å²) >= 11 is 0. The van der Waals surface area contributed by atoms with Gasteiger partial charge in [-0.1, -0.05) is 35.9 Å². The maximum Gasteiger partial charge on any atom is 0.255 e. The maximum absolute atomic E-state index is 14.2. The summed E-state index contributed by atoms with van der Waals surface area (Å²) in [5.74, 6) is -0.965. The summed E-state index contributed by atoms with van der Waals surface area (Å²) in [5.41, 5.74) is 4.94. The second-order valence-corrected chi connectivity index (χ2v) is 10.8. The zero-order valence-corrected chi connectivity index (χ0v) is 23.4. The van der Waals surface area contributed by atoms with E-state index in [1.807, 2.05) is 49.4 Å². The summed E-state index contributed by atoms with van der Waals surface area (Å²) in [4.78, 5) is 13.5. The standard InChI is InChI=1S/C34H33F2N3O3/c1-21-2-4-22(5-3-21)29-18-25(8-11-33(29)42-27-13-15-38-20-27)39-34(40)24-7-10-32(41-26-12-14-37-19-26)28(16-24)23-6-9-30(35)31(36)17-23/h2-11,16-18,26-27,37-38H,12-15,19-20H2,1H3,(H,39,40). The molecular formula is C34H33F2N3O3. The Bertz CT molecular complexity index is 1580. The lowest BCUT2D eigenvalue weighted by atomic mass is 10.0. The molecule has 2 aliphatic heterocycles. The fourth-order valence-electron chi connectivity index (χ4n) is 5.35. The fourth-order valence-corrected chi connectivity index (χ4v) is 5.35. The number of carbonyl (C=O) groups excluding carboxylic acids is 1. The number of nitrogens with one attached hydrogen (secondary N) is 3. The van der Waals surface area contributed by atoms with Crippen LogP contribution in [-0.2, 0) is 0 Å². The molecular weight excluding hydrogens is 536 g/mol. The molecule has 2 heterocycles. The van der Waals surface area contributed by atoms with E-state index in [-0.39, 0.29) is 18.1 Å². The normalized spacial score (nSPS) is 18.2. The second-order valence-electron chi connectivity index (χ2n) is 10.8. The van der Waals surface area contributed by atoms with Crippen molar-refractivity contribution >= 4 is 11.6 Å². The first-order valence-electron chi connectivity index (χ1n) is 14.3. The number of ether oxygens (including phenoxy) is 2. The summed E-state index contributed by atoms with van der Waals surface area (Å²) in [6, 6.07) is 22.6. The minimum absolute atomic E-state index is 0.0466. The van der Waals surface area contributed by atoms with Crippen molar-refractivity contribution in [3.8, 4) is 33.8 Å². The predicted molar refractivity (Wildman–Crippen MR) is 160 cm³/mol. The van der Waals surface area contributed by atoms with Gasteiger partial charge in [0, 0.05) is 35.5 Å². The molecule has 6 rings (SSSR count). The SMILES string of the molecule is Cc1ccc(-c2cc(NC(=O)c3ccc(OC4CCNC4)c(-c4ccc(F)c(F)c4)c3)ccc2OC2CCNC2)cc1. The molecule has 3 N–H and O–H groups in total. The van der Waals surface area contributed by atoms with Crippen LogP contribution < -0.4 is 25.4 Å². The van der Waals surface area contributed by atoms with Crippen molar-refractivity contribution in [3.63, 3.8) is 0 Å². The van der Waals surface area contributed by atoms with E-state index in [9.17, 15) is 13.6 Å². The summed E-state index contributed by atoms with van der Waals surface area (Å²) in [7, 11) is 0. The van der Waals surface area contributed by atoms with E-state index < -0.39 is 11.6 Å². The highest BCUT2D eigenvalue weighted by atomic mass is 19.2. The van der Waals surface area contributed by atoms with Gasteiger partial charge < -0.3 is 25.4 Å². The Labute approximate surface area is 244 Å². The number of anilines is 1. The molecule has 2 atom stereocenters. The first-order valence-corrected chi connectivity index (χ1v) is 14.3. The van der Waals surface area contributed by atoms with Gasteiger partial charge in [-0.05, 0) is 92.5 Å². The largest absolute Gasteiger partial charge is 0.488 e. The number of aryl methyl sites for hydroxylation is 1. The van der Waals surface area contributed by atoms with Crippen LogP contribution in [0.15, 0.2) is 78.9 Å². The van der Waals surface area contributed by atoms with Crippen molar-refractivity contribution in [2.24, 2.45) is 0 Å². The second kappa shape index (κ2) is 12.3. The van der Waals surface area contributed by atoms with Crippen LogP contribution >= 0.6 is 0 Å². The van der Waals surface area contributed by atoms with Crippen LogP contribution in [0.3, 0.4) is 0 Å². The Hall–Kier alpha value is -4.27. The van der Waals surface area contributed by atoms with Gasteiger partial charge in [0.05, 0.1) is 0 Å². The van der Waals surface area contributed by atoms with Crippen LogP contribution in [0.25, 0.3) is 22.3 Å². The van der Waals surface area contributed by atoms with Crippen LogP contribution in [-0.4, -0.2) is 44.3 Å². The molecule has 0 radical (unpaired) electrons. The highest BCUT2D eigenvalue weighted by molar-refractivity contribution is 6.05. The number of rotatable bonds is 8. The van der Waals surface area contributed by atoms with Crippen molar-refractivity contribution in [3.05, 3.63) is 102 Å². The molecule has 4 aromatic rings. The van der Waals surface area contributed by atoms with Crippen LogP contribution in [0.2, 0.25) is 0 Å². The van der Waals surface area contributed by atoms with E-state index in [1.165, 1.54) is 6.07 Å². The first-order chi connectivity index (χ1) is 20.4. The third kappa shape index (κ3) is 6.30. The molecule has 1 amide bonds. The Morgan fingerprint density at radius 3 is 1.98 bits per heavy atom. The lowest BCUT2D eigenvalue weighted by Crippen LogP contribution is -2.20. The molecule has 0 aromatic heterocycles. The Morgan fingerprint density at radius 2 is 1.36 bits per heavy atom. The number of benzene rings is 4. The molecule has 0 spiro atoms. The Balaban J connectivity index is 1.30. The van der Waals surface area contributed by atoms with Gasteiger partial charge in [-0.25, -0.2) is 8.78 Å². The summed E-state index contributed by atoms with van der Waals surface area (Å²) < 4.78 is 40.4. The average molecular weight is 570 g/mol. The summed E-state index contributed by atoms with van der Waals surface area (Å²) in [6.07, 6.45) is 1.81. The van der Waals surface area contributed by atoms with Gasteiger partial charge in [-0.2, -0.15) is 0 Å². The molecule has 4 aromatic carbocycles. The molecule has 8 heteroatoms. The zero-order chi connectivity index (χ0) is 29.1. The van der Waals surface area contributed by atoms with Gasteiger partial charge in [-0.3, -0.25) is 4.79 Å². The van der Waals surface area contributed by atoms with Crippen LogP contribution in [0.1, 0.15) is 28.8 Å². The minimum Gasteiger partial charge on any atom is -0.488 e. The van der Waals surface area contributed by atoms with Gasteiger partial charge in [0.2, 0.25) is 0 Å². The highest BCUT2D eigenvalue weighted by Gasteiger charge is 2.21. The van der Waals surface area contributed by atoms with Gasteiger partial charge in [-0.15, -0.1) is 0 Å². The van der Waals surface area contributed by atoms with Gasteiger partial charge >= 0.3 is 0 Å². The first kappa shape index (κ1) is 27.9. The molecule has 42 heavy (non-hydrogen) atoms. The minimum atomic E-state index is -0.963. The molecule has 2 saturated heterocycles. The van der Waals surface area contributed by atoms with E-state index in [0.29, 0.717) is 34.7 Å². The highest BCUT2D eigenvalue weighted by Crippen LogP contribution is 2.36. The molecule has 0 aliphatic carbocycles. The van der Waals surface area contributed by atoms with E-state index >= 15 is 0 Å². The van der Waals surface area contributed by atoms with E-state index in [0.717, 1.165) is 67.0 Å². The Kier molecular flexibility index (Phi) is 8.17. The number of carbonyl (C=O) groups is 1. The molecule has 6 nitrogen and oxygen atoms in total. The molecule has 0 bridgehead atoms. The van der Waals surface area contributed by atoms with Gasteiger partial charge in [0.15, 0.2) is 11.6 Å². The molecule has 0 saturated carbocycles. The Morgan fingerprint density at radius 1 is 0.738 bits per heavy atom. The van der Waals surface area contributed by atoms with Crippen LogP contribution in [0.5, 0.6) is 11.5 Å². The van der Waals surface area contributed by atoms with Gasteiger partial charge in [0.1, 0.15) is 23.7 Å². The van der Waals surface area contributed by atoms with Crippen molar-refractivity contribution in [2.75, 3.05) is 31.5 Å². The smallest absolute Gasteiger partial charge is 0.255 e. The third-order valence-corrected chi connectivity index (χ3v) is 7.69. The van der Waals surface area contributed by atoms with Crippen LogP contribution in [0, 0.1) is 18.6 Å². The number of hydrogen-bond acceptors (Lipinski definition) is 5. The number of hydrogen-bond donors (Lipinski definition) is 3. The van der Waals surface area contributed by atoms with Gasteiger partial charge in [0.25, 0.3) is 5.91 Å². The van der Waals surface area contributed by atoms with E-state index in [2.05, 4.69) is 16.0 Å². The average Bonchev–Trinajstić information content (AvgIpc) is 3.71. The quantitative estimate of drug-likeness (QED) is 0.231. The van der Waals surface area contributed by atoms with Crippen molar-refractivity contribution < 1.29 is 23.0 Å². The summed E-state index contributed by atoms with van der Waals surface area (Å²) in [5, 5.41) is 9.59. The number of halogens is 2. The van der Waals surface area contributed by atoms with Crippen molar-refractivity contribution in [1.82, 2.24) is 10.6 Å². The molecule has 216 valence electrons. The lowest BCUT2D eigenvalue weighted by molar-refractivity contribution is 0.102. The van der Waals surface area contributed by atoms with Crippen LogP contribution in [0.4, 0.5) is 14.5 Å². The summed E-state index contributed by atoms with van der Waals surface area (Å²) in [6.45, 7) is 5.30. The molecule has 2 unspecified atom stereocenters. The van der Waals surface area contributed by atoms with Crippen molar-refractivity contribution in [1.29, 1.82) is 0 Å². The number of amides is 1. The molecule has 2 aliphatic rings. The van der Waals surface area contributed by atoms with E-state index in [4.69, 9.17) is 9.47 Å². The van der Waals surface area contributed by atoms with E-state index in [1.54, 1.807) is 18.2 Å². The maximum atomic E-state index is 14.2. The monoisotopic (exact) mass is 569 g/mol. The van der Waals surface area contributed by atoms with Crippen molar-refractivity contribution in [2.45, 2.75) is 32.0 Å². The fraction of sp³-hybridized carbons (Fsp3) is 0.265. The molecule has 2 fully saturated rings. The topological polar surface area (TPSA) is 71.6 Å². The zero-order valence-electron chi connectivity index (χ0n) is 23.4. The predicted octanol–water partition coefficient (Wildman–Crippen LogP) is 6.34.